The Morgan fingerprint density at radius 3 is 1.33 bits per heavy atom. The lowest BCUT2D eigenvalue weighted by molar-refractivity contribution is -0.147. The molecule has 0 aliphatic carbocycles. The predicted octanol–water partition coefficient (Wildman–Crippen LogP) is 1.01. The Bertz CT molecular complexity index is 1080. The summed E-state index contributed by atoms with van der Waals surface area (Å²) in [5, 5.41) is 24.2. The highest BCUT2D eigenvalue weighted by Crippen LogP contribution is 2.22. The maximum atomic E-state index is 12.7. The highest BCUT2D eigenvalue weighted by Gasteiger charge is 2.27. The standard InChI is InChI=1S/C28H38N4O8S2/c1-3-39-27(37)23(13-17-5-9-19(33)10-6-17)31-25(35)21(29)15-41-42-16-22(30)26(36)32-24(28(38)40-4-2)14-18-7-11-20(34)12-8-18/h5-12,21-24,33-34H,3-4,13-16,29-30H2,1-2H3,(H,31,35)(H,32,36)/t21-,22-,23-,24-/m0/s1. The average molecular weight is 623 g/mol. The number of nitrogens with two attached hydrogens (primary N) is 2. The maximum Gasteiger partial charge on any atom is 0.328 e. The lowest BCUT2D eigenvalue weighted by Gasteiger charge is -2.20. The smallest absolute Gasteiger partial charge is 0.328 e. The number of esters is 2. The number of aromatic hydroxyl groups is 2. The van der Waals surface area contributed by atoms with Crippen LogP contribution in [0.5, 0.6) is 11.5 Å². The first kappa shape index (κ1) is 34.7. The molecule has 2 aromatic carbocycles. The fourth-order valence-electron chi connectivity index (χ4n) is 3.56. The van der Waals surface area contributed by atoms with Gasteiger partial charge in [-0.25, -0.2) is 9.59 Å². The number of nitrogens with one attached hydrogen (secondary N) is 2. The molecule has 2 rings (SSSR count). The average Bonchev–Trinajstić information content (AvgIpc) is 2.96. The van der Waals surface area contributed by atoms with Crippen molar-refractivity contribution in [1.82, 2.24) is 10.6 Å². The van der Waals surface area contributed by atoms with E-state index < -0.39 is 47.9 Å². The van der Waals surface area contributed by atoms with Crippen molar-refractivity contribution in [3.8, 4) is 11.5 Å². The van der Waals surface area contributed by atoms with Gasteiger partial charge in [-0.15, -0.1) is 0 Å². The van der Waals surface area contributed by atoms with Crippen LogP contribution in [0.15, 0.2) is 48.5 Å². The highest BCUT2D eigenvalue weighted by atomic mass is 33.1. The molecule has 4 atom stereocenters. The third-order valence-corrected chi connectivity index (χ3v) is 8.25. The Kier molecular flexibility index (Phi) is 15.0. The molecule has 0 unspecified atom stereocenters. The summed E-state index contributed by atoms with van der Waals surface area (Å²) in [6, 6.07) is 8.66. The first-order chi connectivity index (χ1) is 20.0. The van der Waals surface area contributed by atoms with Gasteiger partial charge in [0.25, 0.3) is 0 Å². The Morgan fingerprint density at radius 1 is 0.690 bits per heavy atom. The first-order valence-corrected chi connectivity index (χ1v) is 15.8. The van der Waals surface area contributed by atoms with Crippen molar-refractivity contribution in [2.45, 2.75) is 50.9 Å². The molecule has 0 aromatic heterocycles. The van der Waals surface area contributed by atoms with Crippen molar-refractivity contribution in [2.75, 3.05) is 24.7 Å². The number of phenols is 2. The fourth-order valence-corrected chi connectivity index (χ4v) is 5.80. The molecule has 0 saturated carbocycles. The van der Waals surface area contributed by atoms with Crippen LogP contribution in [-0.4, -0.2) is 82.9 Å². The molecule has 0 bridgehead atoms. The van der Waals surface area contributed by atoms with Gasteiger partial charge in [0, 0.05) is 24.3 Å². The van der Waals surface area contributed by atoms with Gasteiger partial charge in [-0.3, -0.25) is 9.59 Å². The molecule has 14 heteroatoms. The molecular weight excluding hydrogens is 584 g/mol. The zero-order chi connectivity index (χ0) is 31.1. The van der Waals surface area contributed by atoms with Crippen LogP contribution in [0.4, 0.5) is 0 Å². The molecule has 230 valence electrons. The second-order valence-corrected chi connectivity index (χ2v) is 11.7. The largest absolute Gasteiger partial charge is 0.508 e. The molecule has 0 aliphatic heterocycles. The summed E-state index contributed by atoms with van der Waals surface area (Å²) < 4.78 is 10.2. The number of carbonyl (C=O) groups excluding carboxylic acids is 4. The predicted molar refractivity (Wildman–Crippen MR) is 162 cm³/mol. The topological polar surface area (TPSA) is 203 Å². The number of phenolic OH excluding ortho intramolecular Hbond substituents is 2. The minimum Gasteiger partial charge on any atom is -0.508 e. The van der Waals surface area contributed by atoms with Gasteiger partial charge in [0.05, 0.1) is 25.3 Å². The zero-order valence-electron chi connectivity index (χ0n) is 23.5. The number of benzene rings is 2. The molecule has 0 fully saturated rings. The van der Waals surface area contributed by atoms with Crippen molar-refractivity contribution >= 4 is 45.3 Å². The molecule has 0 saturated heterocycles. The van der Waals surface area contributed by atoms with Gasteiger partial charge in [0.15, 0.2) is 0 Å². The van der Waals surface area contributed by atoms with E-state index >= 15 is 0 Å². The highest BCUT2D eigenvalue weighted by molar-refractivity contribution is 8.76. The lowest BCUT2D eigenvalue weighted by atomic mass is 10.1. The van der Waals surface area contributed by atoms with Gasteiger partial charge in [-0.1, -0.05) is 45.9 Å². The summed E-state index contributed by atoms with van der Waals surface area (Å²) >= 11 is 0. The van der Waals surface area contributed by atoms with E-state index in [1.165, 1.54) is 45.9 Å². The van der Waals surface area contributed by atoms with E-state index in [-0.39, 0.29) is 49.1 Å². The first-order valence-electron chi connectivity index (χ1n) is 13.3. The van der Waals surface area contributed by atoms with Crippen molar-refractivity contribution in [2.24, 2.45) is 11.5 Å². The summed E-state index contributed by atoms with van der Waals surface area (Å²) in [5.41, 5.74) is 13.5. The maximum absolute atomic E-state index is 12.7. The number of rotatable bonds is 17. The zero-order valence-corrected chi connectivity index (χ0v) is 25.1. The molecular formula is C28H38N4O8S2. The van der Waals surface area contributed by atoms with Crippen LogP contribution < -0.4 is 22.1 Å². The van der Waals surface area contributed by atoms with Crippen LogP contribution in [0, 0.1) is 0 Å². The van der Waals surface area contributed by atoms with E-state index in [9.17, 15) is 29.4 Å². The number of amides is 2. The van der Waals surface area contributed by atoms with Crippen molar-refractivity contribution in [3.05, 3.63) is 59.7 Å². The van der Waals surface area contributed by atoms with Gasteiger partial charge in [-0.2, -0.15) is 0 Å². The second-order valence-electron chi connectivity index (χ2n) is 9.15. The molecule has 2 amide bonds. The van der Waals surface area contributed by atoms with Crippen LogP contribution in [-0.2, 0) is 41.5 Å². The van der Waals surface area contributed by atoms with Gasteiger partial charge >= 0.3 is 11.9 Å². The number of carbonyl (C=O) groups is 4. The van der Waals surface area contributed by atoms with Crippen molar-refractivity contribution < 1.29 is 38.9 Å². The summed E-state index contributed by atoms with van der Waals surface area (Å²) in [7, 11) is 2.47. The Labute approximate surface area is 252 Å². The van der Waals surface area contributed by atoms with Crippen LogP contribution in [0.3, 0.4) is 0 Å². The third kappa shape index (κ3) is 12.2. The molecule has 42 heavy (non-hydrogen) atoms. The Morgan fingerprint density at radius 2 is 1.02 bits per heavy atom. The number of hydrogen-bond acceptors (Lipinski definition) is 12. The van der Waals surface area contributed by atoms with Crippen molar-refractivity contribution in [3.63, 3.8) is 0 Å². The van der Waals surface area contributed by atoms with Crippen LogP contribution in [0.2, 0.25) is 0 Å². The lowest BCUT2D eigenvalue weighted by Crippen LogP contribution is -2.51. The molecule has 0 radical (unpaired) electrons. The third-order valence-electron chi connectivity index (χ3n) is 5.78. The summed E-state index contributed by atoms with van der Waals surface area (Å²) in [6.07, 6.45) is 0.311. The van der Waals surface area contributed by atoms with E-state index in [1.54, 1.807) is 38.1 Å². The minimum absolute atomic E-state index is 0.0807. The molecule has 8 N–H and O–H groups in total. The molecule has 0 heterocycles. The van der Waals surface area contributed by atoms with Gasteiger partial charge in [0.2, 0.25) is 11.8 Å². The van der Waals surface area contributed by atoms with E-state index in [4.69, 9.17) is 20.9 Å². The van der Waals surface area contributed by atoms with Crippen LogP contribution in [0.25, 0.3) is 0 Å². The molecule has 12 nitrogen and oxygen atoms in total. The quantitative estimate of drug-likeness (QED) is 0.0832. The SMILES string of the molecule is CCOC(=O)[C@H](Cc1ccc(O)cc1)NC(=O)[C@@H](N)CSSC[C@H](N)C(=O)N[C@@H](Cc1ccc(O)cc1)C(=O)OCC. The summed E-state index contributed by atoms with van der Waals surface area (Å²) in [5.74, 6) is -1.79. The van der Waals surface area contributed by atoms with Crippen molar-refractivity contribution in [1.29, 1.82) is 0 Å². The van der Waals surface area contributed by atoms with Gasteiger partial charge < -0.3 is 41.8 Å². The van der Waals surface area contributed by atoms with E-state index in [2.05, 4.69) is 10.6 Å². The number of ether oxygens (including phenoxy) is 2. The second kappa shape index (κ2) is 18.2. The minimum atomic E-state index is -0.961. The summed E-state index contributed by atoms with van der Waals surface area (Å²) in [6.45, 7) is 3.61. The van der Waals surface area contributed by atoms with E-state index in [0.29, 0.717) is 11.1 Å². The van der Waals surface area contributed by atoms with Gasteiger partial charge in [0.1, 0.15) is 23.6 Å². The van der Waals surface area contributed by atoms with Crippen LogP contribution >= 0.6 is 21.6 Å². The molecule has 0 spiro atoms. The van der Waals surface area contributed by atoms with E-state index in [0.717, 1.165) is 0 Å². The molecule has 2 aromatic rings. The normalized spacial score (nSPS) is 13.7. The van der Waals surface area contributed by atoms with Gasteiger partial charge in [-0.05, 0) is 49.2 Å². The summed E-state index contributed by atoms with van der Waals surface area (Å²) in [4.78, 5) is 50.2. The molecule has 0 aliphatic rings. The monoisotopic (exact) mass is 622 g/mol. The number of hydrogen-bond donors (Lipinski definition) is 6. The Hall–Kier alpha value is -3.46. The van der Waals surface area contributed by atoms with E-state index in [1.807, 2.05) is 0 Å². The Balaban J connectivity index is 1.84. The van der Waals surface area contributed by atoms with Crippen LogP contribution in [0.1, 0.15) is 25.0 Å². The fraction of sp³-hybridized carbons (Fsp3) is 0.429.